The van der Waals surface area contributed by atoms with E-state index in [-0.39, 0.29) is 16.6 Å². The quantitative estimate of drug-likeness (QED) is 0.535. The maximum Gasteiger partial charge on any atom is 0.150 e. The van der Waals surface area contributed by atoms with Crippen molar-refractivity contribution in [3.63, 3.8) is 0 Å². The van der Waals surface area contributed by atoms with Crippen molar-refractivity contribution in [3.8, 4) is 0 Å². The van der Waals surface area contributed by atoms with E-state index in [4.69, 9.17) is 11.6 Å². The van der Waals surface area contributed by atoms with Crippen LogP contribution in [0.3, 0.4) is 0 Å². The number of carbonyl (C=O) groups excluding carboxylic acids is 1. The Bertz CT molecular complexity index is 181. The third-order valence-corrected chi connectivity index (χ3v) is 3.26. The highest BCUT2D eigenvalue weighted by atomic mass is 35.5. The topological polar surface area (TPSA) is 17.1 Å². The molecular formula is C10H17ClO. The van der Waals surface area contributed by atoms with Crippen LogP contribution in [0.15, 0.2) is 0 Å². The minimum atomic E-state index is -0.237. The molecule has 2 heteroatoms. The van der Waals surface area contributed by atoms with E-state index in [1.54, 1.807) is 0 Å². The Hall–Kier alpha value is -0.0400. The van der Waals surface area contributed by atoms with Gasteiger partial charge in [-0.25, -0.2) is 0 Å². The molecular weight excluding hydrogens is 172 g/mol. The Balaban J connectivity index is 2.70. The highest BCUT2D eigenvalue weighted by Crippen LogP contribution is 2.38. The fourth-order valence-electron chi connectivity index (χ4n) is 1.88. The van der Waals surface area contributed by atoms with Crippen molar-refractivity contribution < 1.29 is 4.79 Å². The molecule has 0 N–H and O–H groups in total. The zero-order chi connectivity index (χ0) is 9.35. The first kappa shape index (κ1) is 10.0. The number of Topliss-reactive ketones (excluding diaryl/α,β-unsaturated/α-hetero) is 1. The molecule has 0 saturated heterocycles. The lowest BCUT2D eigenvalue weighted by Gasteiger charge is -2.36. The zero-order valence-corrected chi connectivity index (χ0v) is 8.82. The molecule has 1 fully saturated rings. The molecule has 2 atom stereocenters. The van der Waals surface area contributed by atoms with Gasteiger partial charge in [0.25, 0.3) is 0 Å². The number of hydrogen-bond acceptors (Lipinski definition) is 1. The Morgan fingerprint density at radius 1 is 1.42 bits per heavy atom. The summed E-state index contributed by atoms with van der Waals surface area (Å²) in [6, 6.07) is 0. The summed E-state index contributed by atoms with van der Waals surface area (Å²) >= 11 is 6.07. The fraction of sp³-hybridized carbons (Fsp3) is 0.900. The Labute approximate surface area is 79.5 Å². The lowest BCUT2D eigenvalue weighted by molar-refractivity contribution is -0.122. The number of halogens is 1. The summed E-state index contributed by atoms with van der Waals surface area (Å²) in [6.07, 6.45) is 2.80. The van der Waals surface area contributed by atoms with Crippen LogP contribution < -0.4 is 0 Å². The third-order valence-electron chi connectivity index (χ3n) is 2.71. The van der Waals surface area contributed by atoms with E-state index in [9.17, 15) is 4.79 Å². The van der Waals surface area contributed by atoms with Crippen molar-refractivity contribution in [2.75, 3.05) is 0 Å². The minimum Gasteiger partial charge on any atom is -0.298 e. The highest BCUT2D eigenvalue weighted by Gasteiger charge is 2.37. The molecule has 70 valence electrons. The molecule has 1 aliphatic carbocycles. The van der Waals surface area contributed by atoms with Crippen LogP contribution in [0.25, 0.3) is 0 Å². The zero-order valence-electron chi connectivity index (χ0n) is 8.06. The van der Waals surface area contributed by atoms with Gasteiger partial charge in [0.05, 0.1) is 5.38 Å². The molecule has 1 saturated carbocycles. The predicted molar refractivity (Wildman–Crippen MR) is 51.4 cm³/mol. The lowest BCUT2D eigenvalue weighted by atomic mass is 9.72. The van der Waals surface area contributed by atoms with Gasteiger partial charge in [-0.15, -0.1) is 11.6 Å². The summed E-state index contributed by atoms with van der Waals surface area (Å²) in [5.41, 5.74) is 0.169. The summed E-state index contributed by atoms with van der Waals surface area (Å²) in [6.45, 7) is 6.48. The second kappa shape index (κ2) is 3.37. The highest BCUT2D eigenvalue weighted by molar-refractivity contribution is 6.31. The SMILES string of the molecule is CC(C)(C)C1CCCC(=O)C1Cl. The Morgan fingerprint density at radius 3 is 2.42 bits per heavy atom. The predicted octanol–water partition coefficient (Wildman–Crippen LogP) is 3.01. The van der Waals surface area contributed by atoms with Gasteiger partial charge in [0, 0.05) is 6.42 Å². The van der Waals surface area contributed by atoms with Crippen LogP contribution in [0.1, 0.15) is 40.0 Å². The summed E-state index contributed by atoms with van der Waals surface area (Å²) in [7, 11) is 0. The molecule has 1 rings (SSSR count). The smallest absolute Gasteiger partial charge is 0.150 e. The van der Waals surface area contributed by atoms with Crippen molar-refractivity contribution in [1.29, 1.82) is 0 Å². The van der Waals surface area contributed by atoms with Gasteiger partial charge in [-0.1, -0.05) is 20.8 Å². The largest absolute Gasteiger partial charge is 0.298 e. The molecule has 0 aromatic heterocycles. The monoisotopic (exact) mass is 188 g/mol. The molecule has 0 spiro atoms. The number of carbonyl (C=O) groups is 1. The van der Waals surface area contributed by atoms with Gasteiger partial charge in [0.1, 0.15) is 0 Å². The minimum absolute atomic E-state index is 0.169. The van der Waals surface area contributed by atoms with Gasteiger partial charge in [-0.2, -0.15) is 0 Å². The van der Waals surface area contributed by atoms with Gasteiger partial charge in [0.15, 0.2) is 5.78 Å². The summed E-state index contributed by atoms with van der Waals surface area (Å²) in [5.74, 6) is 0.600. The molecule has 1 nitrogen and oxygen atoms in total. The van der Waals surface area contributed by atoms with Crippen LogP contribution in [-0.4, -0.2) is 11.2 Å². The maximum absolute atomic E-state index is 11.3. The lowest BCUT2D eigenvalue weighted by Crippen LogP contribution is -2.37. The van der Waals surface area contributed by atoms with Crippen LogP contribution >= 0.6 is 11.6 Å². The first-order valence-electron chi connectivity index (χ1n) is 4.59. The maximum atomic E-state index is 11.3. The summed E-state index contributed by atoms with van der Waals surface area (Å²) < 4.78 is 0. The van der Waals surface area contributed by atoms with Crippen molar-refractivity contribution in [3.05, 3.63) is 0 Å². The molecule has 0 heterocycles. The van der Waals surface area contributed by atoms with Gasteiger partial charge in [-0.05, 0) is 24.2 Å². The molecule has 12 heavy (non-hydrogen) atoms. The van der Waals surface area contributed by atoms with Crippen LogP contribution in [0, 0.1) is 11.3 Å². The number of alkyl halides is 1. The second-order valence-corrected chi connectivity index (χ2v) is 5.20. The van der Waals surface area contributed by atoms with E-state index >= 15 is 0 Å². The van der Waals surface area contributed by atoms with Crippen molar-refractivity contribution in [1.82, 2.24) is 0 Å². The van der Waals surface area contributed by atoms with Crippen LogP contribution in [0.4, 0.5) is 0 Å². The van der Waals surface area contributed by atoms with E-state index in [1.807, 2.05) is 0 Å². The van der Waals surface area contributed by atoms with E-state index in [0.29, 0.717) is 12.3 Å². The number of ketones is 1. The van der Waals surface area contributed by atoms with E-state index in [2.05, 4.69) is 20.8 Å². The van der Waals surface area contributed by atoms with Crippen LogP contribution in [-0.2, 0) is 4.79 Å². The average Bonchev–Trinajstić information content (AvgIpc) is 1.92. The van der Waals surface area contributed by atoms with Crippen molar-refractivity contribution >= 4 is 17.4 Å². The van der Waals surface area contributed by atoms with E-state index in [0.717, 1.165) is 12.8 Å². The standard InChI is InChI=1S/C10H17ClO/c1-10(2,3)7-5-4-6-8(12)9(7)11/h7,9H,4-6H2,1-3H3. The van der Waals surface area contributed by atoms with Gasteiger partial charge < -0.3 is 0 Å². The van der Waals surface area contributed by atoms with Gasteiger partial charge >= 0.3 is 0 Å². The molecule has 0 radical (unpaired) electrons. The molecule has 0 aliphatic heterocycles. The molecule has 0 aromatic rings. The summed E-state index contributed by atoms with van der Waals surface area (Å²) in [5, 5.41) is -0.237. The average molecular weight is 189 g/mol. The number of hydrogen-bond donors (Lipinski definition) is 0. The van der Waals surface area contributed by atoms with Crippen LogP contribution in [0.5, 0.6) is 0 Å². The molecule has 0 bridgehead atoms. The second-order valence-electron chi connectivity index (χ2n) is 4.73. The molecule has 1 aliphatic rings. The molecule has 0 aromatic carbocycles. The summed E-state index contributed by atoms with van der Waals surface area (Å²) in [4.78, 5) is 11.3. The molecule has 2 unspecified atom stereocenters. The van der Waals surface area contributed by atoms with Gasteiger partial charge in [0.2, 0.25) is 0 Å². The third kappa shape index (κ3) is 2.01. The number of rotatable bonds is 0. The fourth-order valence-corrected chi connectivity index (χ4v) is 2.49. The normalized spacial score (nSPS) is 32.2. The first-order valence-corrected chi connectivity index (χ1v) is 5.03. The van der Waals surface area contributed by atoms with Crippen molar-refractivity contribution in [2.24, 2.45) is 11.3 Å². The first-order chi connectivity index (χ1) is 5.43. The van der Waals surface area contributed by atoms with Crippen LogP contribution in [0.2, 0.25) is 0 Å². The Morgan fingerprint density at radius 2 is 2.00 bits per heavy atom. The van der Waals surface area contributed by atoms with E-state index < -0.39 is 0 Å². The molecule has 0 amide bonds. The van der Waals surface area contributed by atoms with E-state index in [1.165, 1.54) is 0 Å². The Kier molecular flexibility index (Phi) is 2.82. The van der Waals surface area contributed by atoms with Gasteiger partial charge in [-0.3, -0.25) is 4.79 Å². The van der Waals surface area contributed by atoms with Crippen molar-refractivity contribution in [2.45, 2.75) is 45.4 Å².